The zero-order valence-corrected chi connectivity index (χ0v) is 12.2. The van der Waals surface area contributed by atoms with Gasteiger partial charge in [0.05, 0.1) is 6.61 Å². The molecule has 0 saturated carbocycles. The molecule has 0 saturated heterocycles. The van der Waals surface area contributed by atoms with Gasteiger partial charge < -0.3 is 14.6 Å². The third kappa shape index (κ3) is 3.30. The molecule has 0 unspecified atom stereocenters. The van der Waals surface area contributed by atoms with Crippen LogP contribution in [0.1, 0.15) is 28.4 Å². The number of benzene rings is 1. The molecule has 0 fully saturated rings. The maximum absolute atomic E-state index is 11.7. The van der Waals surface area contributed by atoms with E-state index in [4.69, 9.17) is 9.47 Å². The van der Waals surface area contributed by atoms with Gasteiger partial charge in [-0.1, -0.05) is 0 Å². The number of hydrogen-bond acceptors (Lipinski definition) is 5. The van der Waals surface area contributed by atoms with Crippen molar-refractivity contribution >= 4 is 17.3 Å². The molecule has 0 aliphatic carbocycles. The molecule has 106 valence electrons. The van der Waals surface area contributed by atoms with E-state index in [0.29, 0.717) is 17.9 Å². The molecular weight excluding hydrogens is 276 g/mol. The predicted octanol–water partition coefficient (Wildman–Crippen LogP) is 3.52. The Morgan fingerprint density at radius 3 is 2.80 bits per heavy atom. The van der Waals surface area contributed by atoms with E-state index < -0.39 is 5.97 Å². The van der Waals surface area contributed by atoms with Crippen LogP contribution in [-0.4, -0.2) is 17.7 Å². The Hall–Kier alpha value is -2.01. The first-order valence-electron chi connectivity index (χ1n) is 6.26. The van der Waals surface area contributed by atoms with Gasteiger partial charge in [-0.25, -0.2) is 4.79 Å². The van der Waals surface area contributed by atoms with Gasteiger partial charge in [0.15, 0.2) is 0 Å². The molecule has 0 amide bonds. The lowest BCUT2D eigenvalue weighted by Gasteiger charge is -2.11. The molecule has 1 aromatic carbocycles. The molecule has 0 bridgehead atoms. The second-order valence-corrected chi connectivity index (χ2v) is 5.06. The highest BCUT2D eigenvalue weighted by molar-refractivity contribution is 7.07. The summed E-state index contributed by atoms with van der Waals surface area (Å²) in [6.07, 6.45) is 0. The molecule has 5 heteroatoms. The van der Waals surface area contributed by atoms with Crippen molar-refractivity contribution in [1.82, 2.24) is 0 Å². The summed E-state index contributed by atoms with van der Waals surface area (Å²) in [6.45, 7) is 4.17. The van der Waals surface area contributed by atoms with E-state index in [1.54, 1.807) is 31.3 Å². The highest BCUT2D eigenvalue weighted by atomic mass is 32.1. The van der Waals surface area contributed by atoms with Gasteiger partial charge >= 0.3 is 5.97 Å². The first-order valence-corrected chi connectivity index (χ1v) is 7.20. The number of aryl methyl sites for hydroxylation is 1. The number of phenols is 1. The first-order chi connectivity index (χ1) is 9.61. The van der Waals surface area contributed by atoms with E-state index in [2.05, 4.69) is 0 Å². The van der Waals surface area contributed by atoms with Gasteiger partial charge in [-0.15, -0.1) is 0 Å². The van der Waals surface area contributed by atoms with Crippen LogP contribution < -0.4 is 4.74 Å². The molecule has 0 aliphatic heterocycles. The molecule has 2 aromatic rings. The Morgan fingerprint density at radius 1 is 1.40 bits per heavy atom. The van der Waals surface area contributed by atoms with Crippen LogP contribution in [0.15, 0.2) is 29.0 Å². The largest absolute Gasteiger partial charge is 0.507 e. The minimum Gasteiger partial charge on any atom is -0.507 e. The second-order valence-electron chi connectivity index (χ2n) is 4.28. The van der Waals surface area contributed by atoms with Gasteiger partial charge in [0.1, 0.15) is 23.7 Å². The monoisotopic (exact) mass is 292 g/mol. The molecule has 1 aromatic heterocycles. The molecule has 4 nitrogen and oxygen atoms in total. The maximum Gasteiger partial charge on any atom is 0.342 e. The topological polar surface area (TPSA) is 55.8 Å². The molecule has 0 radical (unpaired) electrons. The summed E-state index contributed by atoms with van der Waals surface area (Å²) in [5, 5.41) is 13.9. The average molecular weight is 292 g/mol. The lowest BCUT2D eigenvalue weighted by molar-refractivity contribution is 0.0522. The van der Waals surface area contributed by atoms with Crippen LogP contribution in [0.2, 0.25) is 0 Å². The number of esters is 1. The van der Waals surface area contributed by atoms with Crippen LogP contribution >= 0.6 is 11.3 Å². The van der Waals surface area contributed by atoms with Gasteiger partial charge in [0, 0.05) is 6.07 Å². The van der Waals surface area contributed by atoms with E-state index in [1.165, 1.54) is 6.07 Å². The third-order valence-corrected chi connectivity index (χ3v) is 3.49. The van der Waals surface area contributed by atoms with Crippen molar-refractivity contribution in [1.29, 1.82) is 0 Å². The molecule has 0 atom stereocenters. The Kier molecular flexibility index (Phi) is 4.63. The zero-order chi connectivity index (χ0) is 14.5. The van der Waals surface area contributed by atoms with Crippen LogP contribution in [0.25, 0.3) is 0 Å². The lowest BCUT2D eigenvalue weighted by atomic mass is 10.1. The molecule has 20 heavy (non-hydrogen) atoms. The van der Waals surface area contributed by atoms with Crippen LogP contribution in [0, 0.1) is 6.92 Å². The first kappa shape index (κ1) is 14.4. The van der Waals surface area contributed by atoms with Crippen LogP contribution in [0.4, 0.5) is 0 Å². The summed E-state index contributed by atoms with van der Waals surface area (Å²) in [5.41, 5.74) is 1.89. The Balaban J connectivity index is 2.15. The van der Waals surface area contributed by atoms with Crippen LogP contribution in [0.3, 0.4) is 0 Å². The van der Waals surface area contributed by atoms with E-state index in [1.807, 2.05) is 16.8 Å². The summed E-state index contributed by atoms with van der Waals surface area (Å²) in [7, 11) is 0. The summed E-state index contributed by atoms with van der Waals surface area (Å²) < 4.78 is 10.5. The fourth-order valence-electron chi connectivity index (χ4n) is 1.83. The number of phenolic OH excluding ortho intramolecular Hbond substituents is 1. The van der Waals surface area contributed by atoms with Gasteiger partial charge in [0.2, 0.25) is 0 Å². The zero-order valence-electron chi connectivity index (χ0n) is 11.4. The van der Waals surface area contributed by atoms with E-state index in [9.17, 15) is 9.90 Å². The van der Waals surface area contributed by atoms with Gasteiger partial charge in [-0.05, 0) is 47.9 Å². The maximum atomic E-state index is 11.7. The van der Waals surface area contributed by atoms with Crippen molar-refractivity contribution in [2.45, 2.75) is 20.5 Å². The van der Waals surface area contributed by atoms with Crippen molar-refractivity contribution in [2.75, 3.05) is 6.61 Å². The number of aromatic hydroxyl groups is 1. The molecule has 1 heterocycles. The summed E-state index contributed by atoms with van der Waals surface area (Å²) in [4.78, 5) is 11.7. The van der Waals surface area contributed by atoms with Crippen molar-refractivity contribution in [3.05, 3.63) is 45.6 Å². The third-order valence-electron chi connectivity index (χ3n) is 2.75. The number of hydrogen-bond donors (Lipinski definition) is 1. The lowest BCUT2D eigenvalue weighted by Crippen LogP contribution is -2.07. The standard InChI is InChI=1S/C15H16O4S/c1-3-18-15(17)14-10(2)6-12(7-13(14)16)19-8-11-4-5-20-9-11/h4-7,9,16H,3,8H2,1-2H3. The Morgan fingerprint density at radius 2 is 2.20 bits per heavy atom. The minimum absolute atomic E-state index is 0.122. The van der Waals surface area contributed by atoms with Gasteiger partial charge in [-0.3, -0.25) is 0 Å². The fraction of sp³-hybridized carbons (Fsp3) is 0.267. The molecule has 0 aliphatic rings. The van der Waals surface area contributed by atoms with E-state index >= 15 is 0 Å². The minimum atomic E-state index is -0.521. The number of thiophene rings is 1. The van der Waals surface area contributed by atoms with Crippen LogP contribution in [-0.2, 0) is 11.3 Å². The quantitative estimate of drug-likeness (QED) is 0.857. The second kappa shape index (κ2) is 6.43. The predicted molar refractivity (Wildman–Crippen MR) is 77.5 cm³/mol. The fourth-order valence-corrected chi connectivity index (χ4v) is 2.48. The number of rotatable bonds is 5. The number of carbonyl (C=O) groups excluding carboxylic acids is 1. The summed E-state index contributed by atoms with van der Waals surface area (Å²) >= 11 is 1.60. The van der Waals surface area contributed by atoms with Crippen molar-refractivity contribution in [3.63, 3.8) is 0 Å². The van der Waals surface area contributed by atoms with Crippen LogP contribution in [0.5, 0.6) is 11.5 Å². The normalized spacial score (nSPS) is 10.3. The molecule has 0 spiro atoms. The van der Waals surface area contributed by atoms with Gasteiger partial charge in [0.25, 0.3) is 0 Å². The van der Waals surface area contributed by atoms with E-state index in [-0.39, 0.29) is 17.9 Å². The Bertz CT molecular complexity index is 567. The SMILES string of the molecule is CCOC(=O)c1c(C)cc(OCc2ccsc2)cc1O. The van der Waals surface area contributed by atoms with E-state index in [0.717, 1.165) is 5.56 Å². The van der Waals surface area contributed by atoms with Crippen molar-refractivity contribution in [2.24, 2.45) is 0 Å². The average Bonchev–Trinajstić information content (AvgIpc) is 2.89. The highest BCUT2D eigenvalue weighted by Crippen LogP contribution is 2.28. The Labute approximate surface area is 121 Å². The summed E-state index contributed by atoms with van der Waals surface area (Å²) in [5.74, 6) is -0.116. The summed E-state index contributed by atoms with van der Waals surface area (Å²) in [6, 6.07) is 5.13. The number of ether oxygens (including phenoxy) is 2. The van der Waals surface area contributed by atoms with Crippen molar-refractivity contribution in [3.8, 4) is 11.5 Å². The molecular formula is C15H16O4S. The van der Waals surface area contributed by atoms with Crippen molar-refractivity contribution < 1.29 is 19.4 Å². The molecule has 2 rings (SSSR count). The number of carbonyl (C=O) groups is 1. The van der Waals surface area contributed by atoms with Gasteiger partial charge in [-0.2, -0.15) is 11.3 Å². The molecule has 1 N–H and O–H groups in total. The smallest absolute Gasteiger partial charge is 0.342 e. The highest BCUT2D eigenvalue weighted by Gasteiger charge is 2.17.